The molecule has 0 radical (unpaired) electrons. The molecule has 1 aromatic carbocycles. The van der Waals surface area contributed by atoms with E-state index in [1.807, 2.05) is 31.2 Å². The van der Waals surface area contributed by atoms with Crippen LogP contribution in [0.25, 0.3) is 0 Å². The first-order chi connectivity index (χ1) is 11.2. The van der Waals surface area contributed by atoms with Gasteiger partial charge in [0.1, 0.15) is 11.6 Å². The Kier molecular flexibility index (Phi) is 4.60. The summed E-state index contributed by atoms with van der Waals surface area (Å²) >= 11 is 0. The van der Waals surface area contributed by atoms with E-state index in [1.165, 1.54) is 0 Å². The molecule has 0 aliphatic carbocycles. The van der Waals surface area contributed by atoms with Crippen LogP contribution in [0.1, 0.15) is 43.0 Å². The zero-order chi connectivity index (χ0) is 16.2. The Morgan fingerprint density at radius 3 is 3.13 bits per heavy atom. The fourth-order valence-corrected chi connectivity index (χ4v) is 2.96. The van der Waals surface area contributed by atoms with E-state index in [9.17, 15) is 4.79 Å². The smallest absolute Gasteiger partial charge is 0.220 e. The van der Waals surface area contributed by atoms with Gasteiger partial charge < -0.3 is 14.6 Å². The Bertz CT molecular complexity index is 696. The molecule has 1 amide bonds. The van der Waals surface area contributed by atoms with Crippen LogP contribution >= 0.6 is 0 Å². The number of amides is 1. The first-order valence-electron chi connectivity index (χ1n) is 8.01. The van der Waals surface area contributed by atoms with Crippen molar-refractivity contribution in [1.29, 1.82) is 0 Å². The molecule has 122 valence electrons. The minimum atomic E-state index is -0.118. The number of nitrogens with zero attached hydrogens (tertiary/aromatic N) is 3. The molecule has 1 aliphatic heterocycles. The lowest BCUT2D eigenvalue weighted by atomic mass is 10.1. The summed E-state index contributed by atoms with van der Waals surface area (Å²) in [4.78, 5) is 12.2. The third kappa shape index (κ3) is 3.52. The third-order valence-corrected chi connectivity index (χ3v) is 4.18. The molecular formula is C17H22N4O2. The SMILES string of the molecule is COc1cccc(CCC(=O)N[C@@H](C)c2nnc3n2CCC3)c1. The van der Waals surface area contributed by atoms with Crippen molar-refractivity contribution >= 4 is 5.91 Å². The second kappa shape index (κ2) is 6.81. The van der Waals surface area contributed by atoms with Crippen molar-refractivity contribution in [3.05, 3.63) is 41.5 Å². The van der Waals surface area contributed by atoms with Gasteiger partial charge in [-0.3, -0.25) is 4.79 Å². The average Bonchev–Trinajstić information content (AvgIpc) is 3.16. The molecule has 1 aliphatic rings. The highest BCUT2D eigenvalue weighted by Crippen LogP contribution is 2.19. The zero-order valence-corrected chi connectivity index (χ0v) is 13.6. The molecule has 6 heteroatoms. The summed E-state index contributed by atoms with van der Waals surface area (Å²) in [6, 6.07) is 7.69. The van der Waals surface area contributed by atoms with Gasteiger partial charge in [-0.15, -0.1) is 10.2 Å². The normalized spacial score (nSPS) is 14.3. The van der Waals surface area contributed by atoms with Crippen molar-refractivity contribution in [2.75, 3.05) is 7.11 Å². The summed E-state index contributed by atoms with van der Waals surface area (Å²) in [6.45, 7) is 2.90. The van der Waals surface area contributed by atoms with Gasteiger partial charge in [-0.2, -0.15) is 0 Å². The molecule has 6 nitrogen and oxygen atoms in total. The lowest BCUT2D eigenvalue weighted by molar-refractivity contribution is -0.121. The van der Waals surface area contributed by atoms with E-state index in [2.05, 4.69) is 20.1 Å². The van der Waals surface area contributed by atoms with E-state index in [0.717, 1.165) is 42.3 Å². The van der Waals surface area contributed by atoms with Crippen molar-refractivity contribution in [2.45, 2.75) is 45.2 Å². The Balaban J connectivity index is 1.54. The van der Waals surface area contributed by atoms with E-state index in [4.69, 9.17) is 4.74 Å². The fourth-order valence-electron chi connectivity index (χ4n) is 2.96. The van der Waals surface area contributed by atoms with Gasteiger partial charge in [0, 0.05) is 19.4 Å². The van der Waals surface area contributed by atoms with Gasteiger partial charge in [0.15, 0.2) is 5.82 Å². The second-order valence-corrected chi connectivity index (χ2v) is 5.87. The van der Waals surface area contributed by atoms with Crippen LogP contribution in [0.4, 0.5) is 0 Å². The number of aryl methyl sites for hydroxylation is 2. The largest absolute Gasteiger partial charge is 0.497 e. The van der Waals surface area contributed by atoms with Crippen LogP contribution in [-0.2, 0) is 24.2 Å². The van der Waals surface area contributed by atoms with Crippen LogP contribution in [0.3, 0.4) is 0 Å². The maximum Gasteiger partial charge on any atom is 0.220 e. The maximum absolute atomic E-state index is 12.2. The fraction of sp³-hybridized carbons (Fsp3) is 0.471. The minimum absolute atomic E-state index is 0.0238. The highest BCUT2D eigenvalue weighted by molar-refractivity contribution is 5.76. The molecule has 3 rings (SSSR count). The molecule has 0 bridgehead atoms. The van der Waals surface area contributed by atoms with Crippen LogP contribution in [-0.4, -0.2) is 27.8 Å². The molecule has 0 saturated heterocycles. The summed E-state index contributed by atoms with van der Waals surface area (Å²) in [5.74, 6) is 2.72. The third-order valence-electron chi connectivity index (χ3n) is 4.18. The van der Waals surface area contributed by atoms with E-state index in [0.29, 0.717) is 12.8 Å². The number of methoxy groups -OCH3 is 1. The number of hydrogen-bond donors (Lipinski definition) is 1. The van der Waals surface area contributed by atoms with E-state index in [1.54, 1.807) is 7.11 Å². The van der Waals surface area contributed by atoms with Crippen molar-refractivity contribution < 1.29 is 9.53 Å². The van der Waals surface area contributed by atoms with Crippen LogP contribution in [0, 0.1) is 0 Å². The monoisotopic (exact) mass is 314 g/mol. The predicted molar refractivity (Wildman–Crippen MR) is 86.2 cm³/mol. The molecule has 23 heavy (non-hydrogen) atoms. The highest BCUT2D eigenvalue weighted by Gasteiger charge is 2.22. The van der Waals surface area contributed by atoms with Crippen LogP contribution in [0.5, 0.6) is 5.75 Å². The number of nitrogens with one attached hydrogen (secondary N) is 1. The van der Waals surface area contributed by atoms with Gasteiger partial charge in [-0.1, -0.05) is 12.1 Å². The number of carbonyl (C=O) groups excluding carboxylic acids is 1. The molecule has 1 N–H and O–H groups in total. The maximum atomic E-state index is 12.2. The average molecular weight is 314 g/mol. The number of ether oxygens (including phenoxy) is 1. The zero-order valence-electron chi connectivity index (χ0n) is 13.6. The number of rotatable bonds is 6. The molecule has 2 aromatic rings. The summed E-state index contributed by atoms with van der Waals surface area (Å²) in [7, 11) is 1.64. The topological polar surface area (TPSA) is 69.0 Å². The first-order valence-corrected chi connectivity index (χ1v) is 8.01. The van der Waals surface area contributed by atoms with Gasteiger partial charge in [-0.05, 0) is 37.5 Å². The number of fused-ring (bicyclic) bond motifs is 1. The predicted octanol–water partition coefficient (Wildman–Crippen LogP) is 2.04. The first kappa shape index (κ1) is 15.5. The van der Waals surface area contributed by atoms with E-state index in [-0.39, 0.29) is 11.9 Å². The molecule has 1 atom stereocenters. The molecule has 0 fully saturated rings. The number of aromatic nitrogens is 3. The minimum Gasteiger partial charge on any atom is -0.497 e. The van der Waals surface area contributed by atoms with Crippen molar-refractivity contribution in [3.8, 4) is 5.75 Å². The molecular weight excluding hydrogens is 292 g/mol. The van der Waals surface area contributed by atoms with Gasteiger partial charge >= 0.3 is 0 Å². The number of hydrogen-bond acceptors (Lipinski definition) is 4. The standard InChI is InChI=1S/C17H22N4O2/c1-12(17-20-19-15-7-4-10-21(15)17)18-16(22)9-8-13-5-3-6-14(11-13)23-2/h3,5-6,11-12H,4,7-10H2,1-2H3,(H,18,22)/t12-/m0/s1. The van der Waals surface area contributed by atoms with Crippen molar-refractivity contribution in [2.24, 2.45) is 0 Å². The quantitative estimate of drug-likeness (QED) is 0.886. The Labute approximate surface area is 135 Å². The summed E-state index contributed by atoms with van der Waals surface area (Å²) in [5.41, 5.74) is 1.09. The van der Waals surface area contributed by atoms with Gasteiger partial charge in [0.2, 0.25) is 5.91 Å². The number of benzene rings is 1. The van der Waals surface area contributed by atoms with Gasteiger partial charge in [0.05, 0.1) is 13.2 Å². The molecule has 0 spiro atoms. The summed E-state index contributed by atoms with van der Waals surface area (Å²) in [6.07, 6.45) is 3.21. The Morgan fingerprint density at radius 1 is 1.43 bits per heavy atom. The molecule has 2 heterocycles. The lowest BCUT2D eigenvalue weighted by Crippen LogP contribution is -2.28. The van der Waals surface area contributed by atoms with Crippen LogP contribution in [0.2, 0.25) is 0 Å². The van der Waals surface area contributed by atoms with Crippen molar-refractivity contribution in [1.82, 2.24) is 20.1 Å². The molecule has 0 saturated carbocycles. The Hall–Kier alpha value is -2.37. The Morgan fingerprint density at radius 2 is 2.30 bits per heavy atom. The molecule has 1 aromatic heterocycles. The van der Waals surface area contributed by atoms with Crippen LogP contribution in [0.15, 0.2) is 24.3 Å². The van der Waals surface area contributed by atoms with E-state index < -0.39 is 0 Å². The van der Waals surface area contributed by atoms with Gasteiger partial charge in [0.25, 0.3) is 0 Å². The van der Waals surface area contributed by atoms with E-state index >= 15 is 0 Å². The van der Waals surface area contributed by atoms with Crippen molar-refractivity contribution in [3.63, 3.8) is 0 Å². The number of carbonyl (C=O) groups is 1. The lowest BCUT2D eigenvalue weighted by Gasteiger charge is -2.14. The van der Waals surface area contributed by atoms with Gasteiger partial charge in [-0.25, -0.2) is 0 Å². The second-order valence-electron chi connectivity index (χ2n) is 5.87. The summed E-state index contributed by atoms with van der Waals surface area (Å²) < 4.78 is 7.32. The van der Waals surface area contributed by atoms with Crippen LogP contribution < -0.4 is 10.1 Å². The summed E-state index contributed by atoms with van der Waals surface area (Å²) in [5, 5.41) is 11.4. The molecule has 0 unspecified atom stereocenters. The highest BCUT2D eigenvalue weighted by atomic mass is 16.5.